The van der Waals surface area contributed by atoms with Crippen LogP contribution in [0.1, 0.15) is 19.4 Å². The van der Waals surface area contributed by atoms with Crippen molar-refractivity contribution in [1.82, 2.24) is 0 Å². The van der Waals surface area contributed by atoms with Crippen LogP contribution in [-0.4, -0.2) is 41.9 Å². The average molecular weight is 426 g/mol. The van der Waals surface area contributed by atoms with Crippen molar-refractivity contribution in [2.24, 2.45) is 0 Å². The summed E-state index contributed by atoms with van der Waals surface area (Å²) in [6.07, 6.45) is 1.64. The first-order valence-corrected chi connectivity index (χ1v) is 10.3. The average Bonchev–Trinajstić information content (AvgIpc) is 3.02. The number of hydrogen-bond acceptors (Lipinski definition) is 6. The molecule has 1 aliphatic rings. The summed E-state index contributed by atoms with van der Waals surface area (Å²) in [5.41, 5.74) is 2.28. The van der Waals surface area contributed by atoms with Crippen LogP contribution in [0.25, 0.3) is 6.08 Å². The fraction of sp³-hybridized carbons (Fsp3) is 0.227. The third kappa shape index (κ3) is 4.83. The summed E-state index contributed by atoms with van der Waals surface area (Å²) in [5, 5.41) is 8.30. The maximum absolute atomic E-state index is 12.8. The van der Waals surface area contributed by atoms with Gasteiger partial charge in [0.15, 0.2) is 6.61 Å². The number of benzene rings is 2. The van der Waals surface area contributed by atoms with E-state index in [0.717, 1.165) is 30.5 Å². The Bertz CT molecular complexity index is 966. The molecule has 0 saturated carbocycles. The summed E-state index contributed by atoms with van der Waals surface area (Å²) in [7, 11) is 0. The number of hydrogen-bond donors (Lipinski definition) is 1. The molecule has 1 aliphatic heterocycles. The number of carboxylic acids is 1. The predicted molar refractivity (Wildman–Crippen MR) is 118 cm³/mol. The van der Waals surface area contributed by atoms with Crippen molar-refractivity contribution >= 4 is 46.3 Å². The molecule has 0 radical (unpaired) electrons. The van der Waals surface area contributed by atoms with E-state index in [-0.39, 0.29) is 11.1 Å². The maximum Gasteiger partial charge on any atom is 0.341 e. The normalized spacial score (nSPS) is 15.0. The molecule has 0 aliphatic carbocycles. The van der Waals surface area contributed by atoms with E-state index in [4.69, 9.17) is 9.84 Å². The van der Waals surface area contributed by atoms with E-state index < -0.39 is 12.6 Å². The van der Waals surface area contributed by atoms with Crippen LogP contribution >= 0.6 is 11.8 Å². The molecule has 7 nitrogen and oxygen atoms in total. The quantitative estimate of drug-likeness (QED) is 0.632. The Morgan fingerprint density at radius 1 is 1.07 bits per heavy atom. The highest BCUT2D eigenvalue weighted by atomic mass is 32.2. The number of amides is 2. The number of thioether (sulfide) groups is 1. The molecule has 0 unspecified atom stereocenters. The lowest BCUT2D eigenvalue weighted by Crippen LogP contribution is -2.28. The summed E-state index contributed by atoms with van der Waals surface area (Å²) < 4.78 is 5.09. The third-order valence-electron chi connectivity index (χ3n) is 4.57. The van der Waals surface area contributed by atoms with Crippen LogP contribution in [0, 0.1) is 0 Å². The van der Waals surface area contributed by atoms with Gasteiger partial charge in [-0.1, -0.05) is 12.1 Å². The van der Waals surface area contributed by atoms with Crippen LogP contribution < -0.4 is 14.5 Å². The van der Waals surface area contributed by atoms with Gasteiger partial charge in [-0.25, -0.2) is 9.69 Å². The Kier molecular flexibility index (Phi) is 6.79. The minimum Gasteiger partial charge on any atom is -0.482 e. The van der Waals surface area contributed by atoms with Gasteiger partial charge in [0.1, 0.15) is 5.75 Å². The number of carboxylic acid groups (broad SMARTS) is 1. The van der Waals surface area contributed by atoms with Gasteiger partial charge in [0.2, 0.25) is 0 Å². The zero-order chi connectivity index (χ0) is 21.7. The third-order valence-corrected chi connectivity index (χ3v) is 5.44. The first-order chi connectivity index (χ1) is 14.4. The highest BCUT2D eigenvalue weighted by molar-refractivity contribution is 8.19. The molecular weight excluding hydrogens is 404 g/mol. The van der Waals surface area contributed by atoms with Crippen molar-refractivity contribution in [3.05, 3.63) is 59.0 Å². The molecule has 2 amide bonds. The van der Waals surface area contributed by atoms with E-state index in [0.29, 0.717) is 21.9 Å². The van der Waals surface area contributed by atoms with E-state index in [1.165, 1.54) is 4.90 Å². The summed E-state index contributed by atoms with van der Waals surface area (Å²) in [5.74, 6) is -1.01. The first kappa shape index (κ1) is 21.4. The molecular formula is C22H22N2O5S. The summed E-state index contributed by atoms with van der Waals surface area (Å²) in [4.78, 5) is 39.5. The number of aliphatic carboxylic acids is 1. The maximum atomic E-state index is 12.8. The van der Waals surface area contributed by atoms with Gasteiger partial charge in [-0.3, -0.25) is 9.59 Å². The highest BCUT2D eigenvalue weighted by Crippen LogP contribution is 2.36. The van der Waals surface area contributed by atoms with E-state index in [9.17, 15) is 14.4 Å². The summed E-state index contributed by atoms with van der Waals surface area (Å²) in [6, 6.07) is 14.0. The largest absolute Gasteiger partial charge is 0.482 e. The number of ether oxygens (including phenoxy) is 1. The molecule has 156 valence electrons. The van der Waals surface area contributed by atoms with E-state index in [2.05, 4.69) is 18.7 Å². The van der Waals surface area contributed by atoms with Gasteiger partial charge in [-0.15, -0.1) is 0 Å². The molecule has 1 fully saturated rings. The Balaban J connectivity index is 1.75. The number of carbonyl (C=O) groups excluding carboxylic acids is 2. The Hall–Kier alpha value is -3.26. The van der Waals surface area contributed by atoms with E-state index >= 15 is 0 Å². The first-order valence-electron chi connectivity index (χ1n) is 9.50. The summed E-state index contributed by atoms with van der Waals surface area (Å²) >= 11 is 0.889. The molecule has 2 aromatic carbocycles. The van der Waals surface area contributed by atoms with Crippen molar-refractivity contribution < 1.29 is 24.2 Å². The van der Waals surface area contributed by atoms with Crippen molar-refractivity contribution in [2.45, 2.75) is 13.8 Å². The zero-order valence-corrected chi connectivity index (χ0v) is 17.5. The van der Waals surface area contributed by atoms with Gasteiger partial charge in [-0.2, -0.15) is 0 Å². The summed E-state index contributed by atoms with van der Waals surface area (Å²) in [6.45, 7) is 5.47. The minimum atomic E-state index is -1.06. The van der Waals surface area contributed by atoms with Gasteiger partial charge < -0.3 is 14.7 Å². The number of carbonyl (C=O) groups is 3. The molecule has 0 atom stereocenters. The van der Waals surface area contributed by atoms with Gasteiger partial charge in [0.25, 0.3) is 11.1 Å². The Labute approximate surface area is 178 Å². The fourth-order valence-electron chi connectivity index (χ4n) is 3.05. The monoisotopic (exact) mass is 426 g/mol. The van der Waals surface area contributed by atoms with Crippen LogP contribution in [0.3, 0.4) is 0 Å². The second-order valence-corrected chi connectivity index (χ2v) is 7.45. The van der Waals surface area contributed by atoms with Gasteiger partial charge in [-0.05, 0) is 73.6 Å². The molecule has 0 bridgehead atoms. The van der Waals surface area contributed by atoms with Crippen LogP contribution in [0.15, 0.2) is 53.4 Å². The van der Waals surface area contributed by atoms with Crippen LogP contribution in [0.5, 0.6) is 5.75 Å². The minimum absolute atomic E-state index is 0.326. The van der Waals surface area contributed by atoms with Crippen LogP contribution in [-0.2, 0) is 9.59 Å². The smallest absolute Gasteiger partial charge is 0.341 e. The molecule has 0 aromatic heterocycles. The van der Waals surface area contributed by atoms with Gasteiger partial charge in [0.05, 0.1) is 10.6 Å². The molecule has 2 aromatic rings. The van der Waals surface area contributed by atoms with Crippen LogP contribution in [0.2, 0.25) is 0 Å². The van der Waals surface area contributed by atoms with Crippen molar-refractivity contribution in [1.29, 1.82) is 0 Å². The van der Waals surface area contributed by atoms with Crippen molar-refractivity contribution in [2.75, 3.05) is 29.5 Å². The highest BCUT2D eigenvalue weighted by Gasteiger charge is 2.36. The lowest BCUT2D eigenvalue weighted by atomic mass is 10.2. The lowest BCUT2D eigenvalue weighted by molar-refractivity contribution is -0.139. The second-order valence-electron chi connectivity index (χ2n) is 6.46. The Morgan fingerprint density at radius 2 is 1.70 bits per heavy atom. The second kappa shape index (κ2) is 9.49. The Morgan fingerprint density at radius 3 is 2.27 bits per heavy atom. The van der Waals surface area contributed by atoms with E-state index in [1.807, 2.05) is 12.1 Å². The molecule has 30 heavy (non-hydrogen) atoms. The lowest BCUT2D eigenvalue weighted by Gasteiger charge is -2.22. The molecule has 3 rings (SSSR count). The van der Waals surface area contributed by atoms with Gasteiger partial charge in [0, 0.05) is 18.8 Å². The molecule has 1 heterocycles. The topological polar surface area (TPSA) is 87.2 Å². The van der Waals surface area contributed by atoms with E-state index in [1.54, 1.807) is 42.5 Å². The molecule has 1 saturated heterocycles. The molecule has 0 spiro atoms. The fourth-order valence-corrected chi connectivity index (χ4v) is 3.89. The number of imide groups is 1. The molecule has 1 N–H and O–H groups in total. The standard InChI is InChI=1S/C22H22N2O5S/c1-3-23(4-2)16-7-9-17(10-8-16)24-21(27)19(30-22(24)28)13-15-5-11-18(12-6-15)29-14-20(25)26/h5-13H,3-4,14H2,1-2H3,(H,25,26)/b19-13+. The molecule has 8 heteroatoms. The zero-order valence-electron chi connectivity index (χ0n) is 16.7. The van der Waals surface area contributed by atoms with Crippen LogP contribution in [0.4, 0.5) is 16.2 Å². The number of anilines is 2. The number of rotatable bonds is 8. The predicted octanol–water partition coefficient (Wildman–Crippen LogP) is 4.24. The van der Waals surface area contributed by atoms with Crippen molar-refractivity contribution in [3.63, 3.8) is 0 Å². The number of nitrogens with zero attached hydrogens (tertiary/aromatic N) is 2. The SMILES string of the molecule is CCN(CC)c1ccc(N2C(=O)S/C(=C/c3ccc(OCC(=O)O)cc3)C2=O)cc1. The van der Waals surface area contributed by atoms with Gasteiger partial charge >= 0.3 is 5.97 Å². The van der Waals surface area contributed by atoms with Crippen molar-refractivity contribution in [3.8, 4) is 5.75 Å².